The maximum absolute atomic E-state index is 12.4. The molecule has 0 aliphatic rings. The summed E-state index contributed by atoms with van der Waals surface area (Å²) in [5, 5.41) is 7.23. The Kier molecular flexibility index (Phi) is 7.12. The summed E-state index contributed by atoms with van der Waals surface area (Å²) in [7, 11) is 0. The van der Waals surface area contributed by atoms with E-state index in [1.807, 2.05) is 32.0 Å². The van der Waals surface area contributed by atoms with Crippen LogP contribution in [0.2, 0.25) is 0 Å². The summed E-state index contributed by atoms with van der Waals surface area (Å²) in [6.07, 6.45) is 0. The number of ether oxygens (including phenoxy) is 1. The second-order valence-corrected chi connectivity index (χ2v) is 7.54. The van der Waals surface area contributed by atoms with Crippen LogP contribution in [0.1, 0.15) is 34.6 Å². The molecular formula is C20H24N2O4S. The van der Waals surface area contributed by atoms with Gasteiger partial charge in [0.15, 0.2) is 6.61 Å². The van der Waals surface area contributed by atoms with E-state index in [-0.39, 0.29) is 11.8 Å². The number of hydrogen-bond acceptors (Lipinski definition) is 5. The van der Waals surface area contributed by atoms with Crippen molar-refractivity contribution in [1.29, 1.82) is 0 Å². The van der Waals surface area contributed by atoms with Crippen molar-refractivity contribution in [3.8, 4) is 0 Å². The average molecular weight is 388 g/mol. The van der Waals surface area contributed by atoms with Gasteiger partial charge in [-0.1, -0.05) is 38.1 Å². The van der Waals surface area contributed by atoms with E-state index in [4.69, 9.17) is 4.74 Å². The third-order valence-corrected chi connectivity index (χ3v) is 4.91. The molecule has 2 N–H and O–H groups in total. The van der Waals surface area contributed by atoms with Crippen LogP contribution in [0, 0.1) is 19.8 Å². The summed E-state index contributed by atoms with van der Waals surface area (Å²) in [5.41, 5.74) is 2.57. The predicted molar refractivity (Wildman–Crippen MR) is 106 cm³/mol. The largest absolute Gasteiger partial charge is 0.454 e. The number of amides is 2. The van der Waals surface area contributed by atoms with Gasteiger partial charge in [0.1, 0.15) is 6.04 Å². The second kappa shape index (κ2) is 9.32. The van der Waals surface area contributed by atoms with Crippen LogP contribution in [0.3, 0.4) is 0 Å². The molecule has 144 valence electrons. The lowest BCUT2D eigenvalue weighted by atomic mass is 10.0. The smallest absolute Gasteiger partial charge is 0.329 e. The van der Waals surface area contributed by atoms with Gasteiger partial charge in [-0.15, -0.1) is 11.3 Å². The highest BCUT2D eigenvalue weighted by molar-refractivity contribution is 7.12. The van der Waals surface area contributed by atoms with Crippen molar-refractivity contribution in [2.45, 2.75) is 33.7 Å². The second-order valence-electron chi connectivity index (χ2n) is 6.60. The van der Waals surface area contributed by atoms with Crippen molar-refractivity contribution in [3.63, 3.8) is 0 Å². The van der Waals surface area contributed by atoms with Crippen LogP contribution in [-0.2, 0) is 14.3 Å². The van der Waals surface area contributed by atoms with Gasteiger partial charge in [-0.25, -0.2) is 4.79 Å². The molecule has 1 atom stereocenters. The zero-order valence-electron chi connectivity index (χ0n) is 15.9. The predicted octanol–water partition coefficient (Wildman–Crippen LogP) is 3.30. The van der Waals surface area contributed by atoms with Crippen LogP contribution in [0.15, 0.2) is 35.7 Å². The first kappa shape index (κ1) is 20.6. The van der Waals surface area contributed by atoms with Gasteiger partial charge in [-0.05, 0) is 42.3 Å². The minimum atomic E-state index is -0.826. The number of carbonyl (C=O) groups is 3. The minimum Gasteiger partial charge on any atom is -0.454 e. The monoisotopic (exact) mass is 388 g/mol. The molecule has 6 nitrogen and oxygen atoms in total. The van der Waals surface area contributed by atoms with Gasteiger partial charge in [0.2, 0.25) is 0 Å². The lowest BCUT2D eigenvalue weighted by molar-refractivity contribution is -0.150. The number of esters is 1. The number of carbonyl (C=O) groups excluding carboxylic acids is 3. The van der Waals surface area contributed by atoms with Crippen molar-refractivity contribution in [3.05, 3.63) is 51.7 Å². The van der Waals surface area contributed by atoms with Gasteiger partial charge < -0.3 is 15.4 Å². The SMILES string of the molecule is Cc1cccc(C)c1NC(=O)COC(=O)C(NC(=O)c1cccs1)C(C)C. The number of aryl methyl sites for hydroxylation is 2. The topological polar surface area (TPSA) is 84.5 Å². The fourth-order valence-electron chi connectivity index (χ4n) is 2.53. The van der Waals surface area contributed by atoms with Crippen LogP contribution < -0.4 is 10.6 Å². The number of hydrogen-bond donors (Lipinski definition) is 2. The van der Waals surface area contributed by atoms with Gasteiger partial charge in [0, 0.05) is 5.69 Å². The zero-order valence-corrected chi connectivity index (χ0v) is 16.7. The van der Waals surface area contributed by atoms with Crippen molar-refractivity contribution < 1.29 is 19.1 Å². The Morgan fingerprint density at radius 3 is 2.30 bits per heavy atom. The van der Waals surface area contributed by atoms with E-state index in [1.165, 1.54) is 11.3 Å². The standard InChI is InChI=1S/C20H24N2O4S/c1-12(2)17(22-19(24)15-9-6-10-27-15)20(25)26-11-16(23)21-18-13(3)7-5-8-14(18)4/h5-10,12,17H,11H2,1-4H3,(H,21,23)(H,22,24). The summed E-state index contributed by atoms with van der Waals surface area (Å²) in [6, 6.07) is 8.31. The molecule has 0 spiro atoms. The number of thiophene rings is 1. The normalized spacial score (nSPS) is 11.7. The maximum atomic E-state index is 12.4. The van der Waals surface area contributed by atoms with E-state index in [9.17, 15) is 14.4 Å². The number of anilines is 1. The Labute approximate surface area is 162 Å². The van der Waals surface area contributed by atoms with Crippen molar-refractivity contribution in [1.82, 2.24) is 5.32 Å². The highest BCUT2D eigenvalue weighted by Gasteiger charge is 2.27. The molecule has 7 heteroatoms. The molecule has 1 heterocycles. The van der Waals surface area contributed by atoms with E-state index >= 15 is 0 Å². The lowest BCUT2D eigenvalue weighted by Crippen LogP contribution is -2.45. The van der Waals surface area contributed by atoms with Gasteiger partial charge in [-0.2, -0.15) is 0 Å². The molecule has 1 aromatic carbocycles. The third-order valence-electron chi connectivity index (χ3n) is 4.04. The molecular weight excluding hydrogens is 364 g/mol. The Morgan fingerprint density at radius 2 is 1.74 bits per heavy atom. The van der Waals surface area contributed by atoms with Crippen molar-refractivity contribution >= 4 is 34.8 Å². The van der Waals surface area contributed by atoms with E-state index in [2.05, 4.69) is 10.6 Å². The Hall–Kier alpha value is -2.67. The molecule has 2 amide bonds. The van der Waals surface area contributed by atoms with Gasteiger partial charge >= 0.3 is 5.97 Å². The highest BCUT2D eigenvalue weighted by Crippen LogP contribution is 2.19. The maximum Gasteiger partial charge on any atom is 0.329 e. The lowest BCUT2D eigenvalue weighted by Gasteiger charge is -2.20. The van der Waals surface area contributed by atoms with Crippen LogP contribution in [0.4, 0.5) is 5.69 Å². The minimum absolute atomic E-state index is 0.178. The van der Waals surface area contributed by atoms with Crippen molar-refractivity contribution in [2.24, 2.45) is 5.92 Å². The van der Waals surface area contributed by atoms with E-state index in [0.29, 0.717) is 10.6 Å². The summed E-state index contributed by atoms with van der Waals surface area (Å²) < 4.78 is 5.14. The molecule has 0 fully saturated rings. The molecule has 0 saturated heterocycles. The summed E-state index contributed by atoms with van der Waals surface area (Å²) in [5.74, 6) is -1.57. The van der Waals surface area contributed by atoms with Gasteiger partial charge in [0.25, 0.3) is 11.8 Å². The van der Waals surface area contributed by atoms with Crippen LogP contribution in [0.25, 0.3) is 0 Å². The number of rotatable bonds is 7. The molecule has 0 aliphatic heterocycles. The number of para-hydroxylation sites is 1. The quantitative estimate of drug-likeness (QED) is 0.713. The summed E-state index contributed by atoms with van der Waals surface area (Å²) in [4.78, 5) is 37.2. The van der Waals surface area contributed by atoms with Crippen LogP contribution >= 0.6 is 11.3 Å². The highest BCUT2D eigenvalue weighted by atomic mass is 32.1. The first-order valence-corrected chi connectivity index (χ1v) is 9.54. The molecule has 1 unspecified atom stereocenters. The molecule has 2 aromatic rings. The van der Waals surface area contributed by atoms with E-state index < -0.39 is 24.5 Å². The Morgan fingerprint density at radius 1 is 1.07 bits per heavy atom. The summed E-state index contributed by atoms with van der Waals surface area (Å²) >= 11 is 1.29. The first-order chi connectivity index (χ1) is 12.8. The molecule has 1 aromatic heterocycles. The molecule has 0 saturated carbocycles. The molecule has 0 bridgehead atoms. The summed E-state index contributed by atoms with van der Waals surface area (Å²) in [6.45, 7) is 6.98. The van der Waals surface area contributed by atoms with E-state index in [1.54, 1.807) is 31.4 Å². The van der Waals surface area contributed by atoms with Crippen LogP contribution in [-0.4, -0.2) is 30.4 Å². The van der Waals surface area contributed by atoms with Crippen molar-refractivity contribution in [2.75, 3.05) is 11.9 Å². The fourth-order valence-corrected chi connectivity index (χ4v) is 3.16. The molecule has 2 rings (SSSR count). The Balaban J connectivity index is 1.93. The fraction of sp³-hybridized carbons (Fsp3) is 0.350. The molecule has 27 heavy (non-hydrogen) atoms. The van der Waals surface area contributed by atoms with Gasteiger partial charge in [0.05, 0.1) is 4.88 Å². The van der Waals surface area contributed by atoms with Gasteiger partial charge in [-0.3, -0.25) is 9.59 Å². The zero-order chi connectivity index (χ0) is 20.0. The number of nitrogens with one attached hydrogen (secondary N) is 2. The molecule has 0 radical (unpaired) electrons. The van der Waals surface area contributed by atoms with E-state index in [0.717, 1.165) is 11.1 Å². The third kappa shape index (κ3) is 5.65. The molecule has 0 aliphatic carbocycles. The first-order valence-electron chi connectivity index (χ1n) is 8.66. The average Bonchev–Trinajstić information content (AvgIpc) is 3.15. The van der Waals surface area contributed by atoms with Crippen LogP contribution in [0.5, 0.6) is 0 Å². The number of benzene rings is 1. The Bertz CT molecular complexity index is 795.